The summed E-state index contributed by atoms with van der Waals surface area (Å²) in [7, 11) is 0. The summed E-state index contributed by atoms with van der Waals surface area (Å²) in [6, 6.07) is 16.5. The number of benzene rings is 2. The van der Waals surface area contributed by atoms with Crippen molar-refractivity contribution in [2.45, 2.75) is 6.42 Å². The fraction of sp³-hybridized carbons (Fsp3) is 0.231. The highest BCUT2D eigenvalue weighted by atomic mass is 16.2. The second-order valence-electron chi connectivity index (χ2n) is 7.78. The molecule has 1 saturated heterocycles. The molecule has 166 valence electrons. The van der Waals surface area contributed by atoms with Crippen molar-refractivity contribution in [3.05, 3.63) is 78.2 Å². The lowest BCUT2D eigenvalue weighted by Crippen LogP contribution is -2.48. The smallest absolute Gasteiger partial charge is 0.275 e. The van der Waals surface area contributed by atoms with Crippen LogP contribution in [0.3, 0.4) is 0 Å². The van der Waals surface area contributed by atoms with Gasteiger partial charge >= 0.3 is 0 Å². The number of carbonyl (C=O) groups excluding carboxylic acids is 2. The molecule has 0 saturated carbocycles. The standard InChI is InChI=1S/C26H25N5O2/c1-2-3-12-30-13-15-31(16-14-30)26(33)21-9-7-8-20(17-21)23-18-27-19-24(29-23)25(32)28-22-10-5-4-6-11-22/h1,4-11,17-19H,3,12-16H2,(H,28,32). The first-order valence-electron chi connectivity index (χ1n) is 10.9. The molecule has 2 heterocycles. The number of terminal acetylenes is 1. The average molecular weight is 440 g/mol. The molecular weight excluding hydrogens is 414 g/mol. The highest BCUT2D eigenvalue weighted by molar-refractivity contribution is 6.03. The van der Waals surface area contributed by atoms with Crippen LogP contribution < -0.4 is 5.32 Å². The minimum absolute atomic E-state index is 0.0145. The zero-order valence-corrected chi connectivity index (χ0v) is 18.3. The van der Waals surface area contributed by atoms with E-state index in [2.05, 4.69) is 26.1 Å². The number of carbonyl (C=O) groups is 2. The van der Waals surface area contributed by atoms with Gasteiger partial charge in [0.2, 0.25) is 0 Å². The van der Waals surface area contributed by atoms with Crippen molar-refractivity contribution < 1.29 is 9.59 Å². The van der Waals surface area contributed by atoms with E-state index in [1.165, 1.54) is 6.20 Å². The molecule has 33 heavy (non-hydrogen) atoms. The van der Waals surface area contributed by atoms with Crippen molar-refractivity contribution in [1.82, 2.24) is 19.8 Å². The van der Waals surface area contributed by atoms with Gasteiger partial charge in [0, 0.05) is 56.0 Å². The molecule has 2 amide bonds. The molecule has 0 unspecified atom stereocenters. The van der Waals surface area contributed by atoms with Crippen molar-refractivity contribution in [2.75, 3.05) is 38.0 Å². The number of rotatable bonds is 6. The van der Waals surface area contributed by atoms with Crippen molar-refractivity contribution in [1.29, 1.82) is 0 Å². The first kappa shape index (κ1) is 22.2. The van der Waals surface area contributed by atoms with Crippen molar-refractivity contribution in [3.8, 4) is 23.6 Å². The number of anilines is 1. The van der Waals surface area contributed by atoms with E-state index in [-0.39, 0.29) is 17.5 Å². The van der Waals surface area contributed by atoms with Crippen LogP contribution in [0.2, 0.25) is 0 Å². The van der Waals surface area contributed by atoms with Gasteiger partial charge in [0.25, 0.3) is 11.8 Å². The summed E-state index contributed by atoms with van der Waals surface area (Å²) in [5.74, 6) is 2.30. The molecule has 0 spiro atoms. The van der Waals surface area contributed by atoms with E-state index in [0.717, 1.165) is 31.6 Å². The van der Waals surface area contributed by atoms with Gasteiger partial charge in [-0.15, -0.1) is 12.3 Å². The van der Waals surface area contributed by atoms with E-state index in [1.54, 1.807) is 30.5 Å². The van der Waals surface area contributed by atoms with E-state index in [0.29, 0.717) is 30.0 Å². The highest BCUT2D eigenvalue weighted by Crippen LogP contribution is 2.20. The third-order valence-electron chi connectivity index (χ3n) is 5.54. The predicted molar refractivity (Wildman–Crippen MR) is 128 cm³/mol. The molecule has 1 aliphatic rings. The van der Waals surface area contributed by atoms with Crippen molar-refractivity contribution >= 4 is 17.5 Å². The lowest BCUT2D eigenvalue weighted by molar-refractivity contribution is 0.0640. The number of nitrogens with zero attached hydrogens (tertiary/aromatic N) is 4. The summed E-state index contributed by atoms with van der Waals surface area (Å²) in [5, 5.41) is 2.81. The van der Waals surface area contributed by atoms with E-state index < -0.39 is 0 Å². The minimum Gasteiger partial charge on any atom is -0.336 e. The SMILES string of the molecule is C#CCCN1CCN(C(=O)c2cccc(-c3cncc(C(=O)Nc4ccccc4)n3)c2)CC1. The van der Waals surface area contributed by atoms with Crippen LogP contribution in [0.25, 0.3) is 11.3 Å². The van der Waals surface area contributed by atoms with Crippen LogP contribution in [-0.4, -0.2) is 64.3 Å². The molecule has 0 atom stereocenters. The predicted octanol–water partition coefficient (Wildman–Crippen LogP) is 3.18. The van der Waals surface area contributed by atoms with Gasteiger partial charge in [-0.25, -0.2) is 4.98 Å². The number of hydrogen-bond donors (Lipinski definition) is 1. The molecule has 3 aromatic rings. The molecule has 7 heteroatoms. The summed E-state index contributed by atoms with van der Waals surface area (Å²) < 4.78 is 0. The third kappa shape index (κ3) is 5.62. The fourth-order valence-corrected chi connectivity index (χ4v) is 3.72. The molecule has 1 aromatic heterocycles. The van der Waals surface area contributed by atoms with E-state index in [9.17, 15) is 9.59 Å². The van der Waals surface area contributed by atoms with Crippen LogP contribution in [0.4, 0.5) is 5.69 Å². The van der Waals surface area contributed by atoms with Crippen LogP contribution in [-0.2, 0) is 0 Å². The van der Waals surface area contributed by atoms with Crippen LogP contribution in [0, 0.1) is 12.3 Å². The Morgan fingerprint density at radius 2 is 1.79 bits per heavy atom. The second-order valence-corrected chi connectivity index (χ2v) is 7.78. The Balaban J connectivity index is 1.46. The number of piperazine rings is 1. The first-order chi connectivity index (χ1) is 16.1. The quantitative estimate of drug-likeness (QED) is 0.597. The molecule has 0 radical (unpaired) electrons. The molecule has 1 fully saturated rings. The van der Waals surface area contributed by atoms with Crippen molar-refractivity contribution in [2.24, 2.45) is 0 Å². The zero-order valence-electron chi connectivity index (χ0n) is 18.3. The van der Waals surface area contributed by atoms with E-state index in [4.69, 9.17) is 6.42 Å². The topological polar surface area (TPSA) is 78.4 Å². The van der Waals surface area contributed by atoms with Gasteiger partial charge in [0.15, 0.2) is 0 Å². The number of para-hydroxylation sites is 1. The second kappa shape index (κ2) is 10.5. The van der Waals surface area contributed by atoms with Crippen LogP contribution in [0.5, 0.6) is 0 Å². The maximum absolute atomic E-state index is 13.1. The molecular formula is C26H25N5O2. The molecule has 1 N–H and O–H groups in total. The van der Waals surface area contributed by atoms with Gasteiger partial charge in [0.05, 0.1) is 18.1 Å². The molecule has 0 aliphatic carbocycles. The summed E-state index contributed by atoms with van der Waals surface area (Å²) in [4.78, 5) is 38.4. The Morgan fingerprint density at radius 3 is 2.55 bits per heavy atom. The zero-order chi connectivity index (χ0) is 23.0. The third-order valence-corrected chi connectivity index (χ3v) is 5.54. The summed E-state index contributed by atoms with van der Waals surface area (Å²) >= 11 is 0. The summed E-state index contributed by atoms with van der Waals surface area (Å²) in [6.45, 7) is 3.83. The molecule has 1 aliphatic heterocycles. The average Bonchev–Trinajstić information content (AvgIpc) is 2.88. The van der Waals surface area contributed by atoms with Gasteiger partial charge in [-0.05, 0) is 24.3 Å². The van der Waals surface area contributed by atoms with E-state index in [1.807, 2.05) is 35.2 Å². The van der Waals surface area contributed by atoms with Gasteiger partial charge in [-0.1, -0.05) is 30.3 Å². The number of nitrogens with one attached hydrogen (secondary N) is 1. The largest absolute Gasteiger partial charge is 0.336 e. The lowest BCUT2D eigenvalue weighted by atomic mass is 10.1. The normalized spacial score (nSPS) is 13.8. The summed E-state index contributed by atoms with van der Waals surface area (Å²) in [5.41, 5.74) is 2.74. The van der Waals surface area contributed by atoms with E-state index >= 15 is 0 Å². The first-order valence-corrected chi connectivity index (χ1v) is 10.9. The van der Waals surface area contributed by atoms with Crippen LogP contribution in [0.1, 0.15) is 27.3 Å². The van der Waals surface area contributed by atoms with Gasteiger partial charge in [0.1, 0.15) is 5.69 Å². The minimum atomic E-state index is -0.342. The molecule has 7 nitrogen and oxygen atoms in total. The Hall–Kier alpha value is -4.02. The molecule has 2 aromatic carbocycles. The maximum atomic E-state index is 13.1. The fourth-order valence-electron chi connectivity index (χ4n) is 3.72. The van der Waals surface area contributed by atoms with Crippen LogP contribution in [0.15, 0.2) is 67.0 Å². The number of amides is 2. The monoisotopic (exact) mass is 439 g/mol. The lowest BCUT2D eigenvalue weighted by Gasteiger charge is -2.34. The van der Waals surface area contributed by atoms with Gasteiger partial charge in [-0.2, -0.15) is 0 Å². The Labute approximate surface area is 193 Å². The number of aromatic nitrogens is 2. The highest BCUT2D eigenvalue weighted by Gasteiger charge is 2.22. The van der Waals surface area contributed by atoms with Gasteiger partial charge in [-0.3, -0.25) is 19.5 Å². The Kier molecular flexibility index (Phi) is 7.08. The maximum Gasteiger partial charge on any atom is 0.275 e. The Bertz CT molecular complexity index is 1160. The molecule has 4 rings (SSSR count). The van der Waals surface area contributed by atoms with Gasteiger partial charge < -0.3 is 10.2 Å². The van der Waals surface area contributed by atoms with Crippen molar-refractivity contribution in [3.63, 3.8) is 0 Å². The summed E-state index contributed by atoms with van der Waals surface area (Å²) in [6.07, 6.45) is 9.09. The van der Waals surface area contributed by atoms with Crippen LogP contribution >= 0.6 is 0 Å². The molecule has 0 bridgehead atoms. The number of hydrogen-bond acceptors (Lipinski definition) is 5. The Morgan fingerprint density at radius 1 is 1.00 bits per heavy atom.